The third-order valence-electron chi connectivity index (χ3n) is 5.99. The summed E-state index contributed by atoms with van der Waals surface area (Å²) in [6.07, 6.45) is 4.47. The van der Waals surface area contributed by atoms with Crippen molar-refractivity contribution in [3.8, 4) is 22.9 Å². The maximum absolute atomic E-state index is 12.6. The molecule has 3 aromatic rings. The normalized spacial score (nSPS) is 16.1. The molecule has 33 heavy (non-hydrogen) atoms. The van der Waals surface area contributed by atoms with Gasteiger partial charge < -0.3 is 18.9 Å². The number of fused-ring (bicyclic) bond motifs is 1. The molecular weight excluding hydrogens is 420 g/mol. The Labute approximate surface area is 192 Å². The highest BCUT2D eigenvalue weighted by Gasteiger charge is 2.21. The third-order valence-corrected chi connectivity index (χ3v) is 5.99. The Morgan fingerprint density at radius 2 is 1.94 bits per heavy atom. The number of carbonyl (C=O) groups is 1. The molecule has 1 saturated heterocycles. The Morgan fingerprint density at radius 1 is 1.12 bits per heavy atom. The van der Waals surface area contributed by atoms with Gasteiger partial charge in [0.2, 0.25) is 17.6 Å². The first-order valence-electron chi connectivity index (χ1n) is 11.1. The molecule has 0 aliphatic carbocycles. The van der Waals surface area contributed by atoms with Gasteiger partial charge in [0.05, 0.1) is 20.3 Å². The van der Waals surface area contributed by atoms with Crippen molar-refractivity contribution in [2.45, 2.75) is 13.0 Å². The van der Waals surface area contributed by atoms with E-state index in [1.807, 2.05) is 47.4 Å². The average molecular weight is 447 g/mol. The molecule has 2 aliphatic heterocycles. The summed E-state index contributed by atoms with van der Waals surface area (Å²) in [5, 5.41) is 4.09. The SMILES string of the molecule is COc1ccc(-c2noc(CN3CCN(C(=O)/C=C/c4ccc5c(c4)CCO5)CC3)n2)cc1. The van der Waals surface area contributed by atoms with Gasteiger partial charge in [-0.1, -0.05) is 11.2 Å². The first-order valence-corrected chi connectivity index (χ1v) is 11.1. The number of aromatic nitrogens is 2. The van der Waals surface area contributed by atoms with Gasteiger partial charge in [-0.2, -0.15) is 4.98 Å². The molecule has 2 aliphatic rings. The van der Waals surface area contributed by atoms with Gasteiger partial charge in [0.25, 0.3) is 0 Å². The predicted molar refractivity (Wildman–Crippen MR) is 123 cm³/mol. The zero-order valence-corrected chi connectivity index (χ0v) is 18.6. The van der Waals surface area contributed by atoms with E-state index in [1.54, 1.807) is 13.2 Å². The number of rotatable bonds is 6. The summed E-state index contributed by atoms with van der Waals surface area (Å²) in [5.74, 6) is 2.90. The zero-order chi connectivity index (χ0) is 22.6. The molecule has 0 atom stereocenters. The summed E-state index contributed by atoms with van der Waals surface area (Å²) in [6, 6.07) is 13.6. The highest BCUT2D eigenvalue weighted by molar-refractivity contribution is 5.91. The van der Waals surface area contributed by atoms with Crippen molar-refractivity contribution < 1.29 is 18.8 Å². The van der Waals surface area contributed by atoms with E-state index >= 15 is 0 Å². The lowest BCUT2D eigenvalue weighted by atomic mass is 10.1. The summed E-state index contributed by atoms with van der Waals surface area (Å²) < 4.78 is 16.2. The molecule has 1 fully saturated rings. The van der Waals surface area contributed by atoms with Crippen molar-refractivity contribution in [1.29, 1.82) is 0 Å². The molecule has 1 aromatic heterocycles. The Kier molecular flexibility index (Phi) is 6.08. The molecule has 3 heterocycles. The van der Waals surface area contributed by atoms with Crippen molar-refractivity contribution >= 4 is 12.0 Å². The Morgan fingerprint density at radius 3 is 2.73 bits per heavy atom. The van der Waals surface area contributed by atoms with Crippen LogP contribution >= 0.6 is 0 Å². The van der Waals surface area contributed by atoms with Gasteiger partial charge >= 0.3 is 0 Å². The van der Waals surface area contributed by atoms with Crippen molar-refractivity contribution in [3.05, 3.63) is 65.6 Å². The lowest BCUT2D eigenvalue weighted by molar-refractivity contribution is -0.127. The molecule has 0 spiro atoms. The van der Waals surface area contributed by atoms with E-state index < -0.39 is 0 Å². The van der Waals surface area contributed by atoms with Crippen LogP contribution in [0.15, 0.2) is 53.1 Å². The average Bonchev–Trinajstić information content (AvgIpc) is 3.52. The van der Waals surface area contributed by atoms with Crippen molar-refractivity contribution in [2.75, 3.05) is 39.9 Å². The number of hydrogen-bond acceptors (Lipinski definition) is 7. The van der Waals surface area contributed by atoms with Gasteiger partial charge in [0, 0.05) is 44.2 Å². The minimum absolute atomic E-state index is 0.0333. The van der Waals surface area contributed by atoms with Gasteiger partial charge in [-0.25, -0.2) is 0 Å². The minimum atomic E-state index is 0.0333. The molecule has 8 nitrogen and oxygen atoms in total. The van der Waals surface area contributed by atoms with Gasteiger partial charge in [0.15, 0.2) is 0 Å². The highest BCUT2D eigenvalue weighted by Crippen LogP contribution is 2.26. The second kappa shape index (κ2) is 9.46. The van der Waals surface area contributed by atoms with Crippen LogP contribution in [0, 0.1) is 0 Å². The van der Waals surface area contributed by atoms with Gasteiger partial charge in [-0.15, -0.1) is 0 Å². The van der Waals surface area contributed by atoms with Crippen LogP contribution in [0.1, 0.15) is 17.0 Å². The second-order valence-corrected chi connectivity index (χ2v) is 8.14. The lowest BCUT2D eigenvalue weighted by Crippen LogP contribution is -2.47. The molecule has 0 radical (unpaired) electrons. The molecule has 1 amide bonds. The smallest absolute Gasteiger partial charge is 0.246 e. The first kappa shape index (κ1) is 21.2. The predicted octanol–water partition coefficient (Wildman–Crippen LogP) is 3.04. The number of carbonyl (C=O) groups excluding carboxylic acids is 1. The van der Waals surface area contributed by atoms with E-state index in [0.29, 0.717) is 31.3 Å². The van der Waals surface area contributed by atoms with E-state index in [4.69, 9.17) is 14.0 Å². The summed E-state index contributed by atoms with van der Waals surface area (Å²) in [4.78, 5) is 21.2. The fourth-order valence-electron chi connectivity index (χ4n) is 4.08. The largest absolute Gasteiger partial charge is 0.497 e. The van der Waals surface area contributed by atoms with Gasteiger partial charge in [-0.3, -0.25) is 9.69 Å². The van der Waals surface area contributed by atoms with Crippen LogP contribution in [0.3, 0.4) is 0 Å². The molecule has 2 aromatic carbocycles. The summed E-state index contributed by atoms with van der Waals surface area (Å²) in [5.41, 5.74) is 3.11. The number of methoxy groups -OCH3 is 1. The fraction of sp³-hybridized carbons (Fsp3) is 0.320. The van der Waals surface area contributed by atoms with E-state index in [1.165, 1.54) is 5.56 Å². The summed E-state index contributed by atoms with van der Waals surface area (Å²) >= 11 is 0. The maximum Gasteiger partial charge on any atom is 0.246 e. The Hall–Kier alpha value is -3.65. The minimum Gasteiger partial charge on any atom is -0.497 e. The molecule has 0 unspecified atom stereocenters. The number of hydrogen-bond donors (Lipinski definition) is 0. The highest BCUT2D eigenvalue weighted by atomic mass is 16.5. The topological polar surface area (TPSA) is 80.9 Å². The van der Waals surface area contributed by atoms with Crippen molar-refractivity contribution in [2.24, 2.45) is 0 Å². The molecule has 0 saturated carbocycles. The fourth-order valence-corrected chi connectivity index (χ4v) is 4.08. The molecule has 0 N–H and O–H groups in total. The van der Waals surface area contributed by atoms with E-state index in [-0.39, 0.29) is 5.91 Å². The molecule has 8 heteroatoms. The van der Waals surface area contributed by atoms with Crippen LogP contribution in [0.5, 0.6) is 11.5 Å². The monoisotopic (exact) mass is 446 g/mol. The number of nitrogens with zero attached hydrogens (tertiary/aromatic N) is 4. The van der Waals surface area contributed by atoms with E-state index in [0.717, 1.165) is 48.7 Å². The third kappa shape index (κ3) is 4.90. The molecule has 170 valence electrons. The number of amides is 1. The van der Waals surface area contributed by atoms with Crippen LogP contribution in [-0.4, -0.2) is 65.7 Å². The number of benzene rings is 2. The second-order valence-electron chi connectivity index (χ2n) is 8.14. The van der Waals surface area contributed by atoms with E-state index in [2.05, 4.69) is 21.1 Å². The van der Waals surface area contributed by atoms with Crippen LogP contribution in [-0.2, 0) is 17.8 Å². The summed E-state index contributed by atoms with van der Waals surface area (Å²) in [7, 11) is 1.63. The standard InChI is InChI=1S/C25H26N4O4/c1-31-21-6-4-19(5-7-21)25-26-23(33-27-25)17-28-11-13-29(14-12-28)24(30)9-3-18-2-8-22-20(16-18)10-15-32-22/h2-9,16H,10-15,17H2,1H3/b9-3+. The van der Waals surface area contributed by atoms with Gasteiger partial charge in [-0.05, 0) is 53.6 Å². The molecule has 0 bridgehead atoms. The molecular formula is C25H26N4O4. The molecule has 5 rings (SSSR count). The first-order chi connectivity index (χ1) is 16.2. The van der Waals surface area contributed by atoms with Crippen LogP contribution in [0.2, 0.25) is 0 Å². The van der Waals surface area contributed by atoms with Gasteiger partial charge in [0.1, 0.15) is 11.5 Å². The summed E-state index contributed by atoms with van der Waals surface area (Å²) in [6.45, 7) is 4.16. The maximum atomic E-state index is 12.6. The Bertz CT molecular complexity index is 1150. The number of ether oxygens (including phenoxy) is 2. The van der Waals surface area contributed by atoms with Crippen LogP contribution < -0.4 is 9.47 Å². The zero-order valence-electron chi connectivity index (χ0n) is 18.6. The Balaban J connectivity index is 1.12. The van der Waals surface area contributed by atoms with Crippen LogP contribution in [0.25, 0.3) is 17.5 Å². The van der Waals surface area contributed by atoms with Crippen LogP contribution in [0.4, 0.5) is 0 Å². The quantitative estimate of drug-likeness (QED) is 0.539. The number of piperazine rings is 1. The van der Waals surface area contributed by atoms with Crippen molar-refractivity contribution in [3.63, 3.8) is 0 Å². The van der Waals surface area contributed by atoms with E-state index in [9.17, 15) is 4.79 Å². The lowest BCUT2D eigenvalue weighted by Gasteiger charge is -2.33. The van der Waals surface area contributed by atoms with Crippen molar-refractivity contribution in [1.82, 2.24) is 19.9 Å².